The van der Waals surface area contributed by atoms with Gasteiger partial charge in [0, 0.05) is 17.8 Å². The highest BCUT2D eigenvalue weighted by molar-refractivity contribution is 7.67. The summed E-state index contributed by atoms with van der Waals surface area (Å²) < 4.78 is 90.2. The zero-order valence-corrected chi connectivity index (χ0v) is 17.8. The lowest BCUT2D eigenvalue weighted by Crippen LogP contribution is -2.28. The van der Waals surface area contributed by atoms with Crippen LogP contribution >= 0.6 is 7.37 Å². The number of nitro benzene ring substituents is 1. The number of nitrogens with zero attached hydrogens (tertiary/aromatic N) is 1. The van der Waals surface area contributed by atoms with Gasteiger partial charge in [0.15, 0.2) is 23.3 Å². The quantitative estimate of drug-likeness (QED) is 0.105. The summed E-state index contributed by atoms with van der Waals surface area (Å²) in [6, 6.07) is 12.2. The Hall–Kier alpha value is -3.30. The summed E-state index contributed by atoms with van der Waals surface area (Å²) in [4.78, 5) is 10.2. The average molecular weight is 486 g/mol. The first-order valence-electron chi connectivity index (χ1n) is 9.44. The van der Waals surface area contributed by atoms with Crippen molar-refractivity contribution >= 4 is 24.0 Å². The third kappa shape index (κ3) is 4.60. The fourth-order valence-electron chi connectivity index (χ4n) is 3.16. The maximum absolute atomic E-state index is 14.7. The first-order valence-corrected chi connectivity index (χ1v) is 11.1. The first kappa shape index (κ1) is 24.3. The highest BCUT2D eigenvalue weighted by Gasteiger charge is 2.45. The zero-order chi connectivity index (χ0) is 24.3. The van der Waals surface area contributed by atoms with E-state index >= 15 is 0 Å². The molecule has 0 bridgehead atoms. The molecule has 174 valence electrons. The molecule has 3 aromatic rings. The molecule has 0 aromatic heterocycles. The van der Waals surface area contributed by atoms with Crippen LogP contribution in [0.2, 0.25) is 0 Å². The van der Waals surface area contributed by atoms with Crippen molar-refractivity contribution in [2.45, 2.75) is 12.7 Å². The number of anilines is 1. The van der Waals surface area contributed by atoms with E-state index in [9.17, 15) is 36.6 Å². The molecule has 2 atom stereocenters. The summed E-state index contributed by atoms with van der Waals surface area (Å²) in [6.07, 6.45) is 0. The number of benzene rings is 3. The molecule has 0 unspecified atom stereocenters. The summed E-state index contributed by atoms with van der Waals surface area (Å²) in [5.74, 6) is -13.1. The lowest BCUT2D eigenvalue weighted by Gasteiger charge is -2.30. The van der Waals surface area contributed by atoms with Crippen molar-refractivity contribution in [2.24, 2.45) is 0 Å². The summed E-state index contributed by atoms with van der Waals surface area (Å²) in [5.41, 5.74) is 0.0133. The Bertz CT molecular complexity index is 1200. The van der Waals surface area contributed by atoms with E-state index in [-0.39, 0.29) is 23.5 Å². The molecule has 33 heavy (non-hydrogen) atoms. The minimum atomic E-state index is -4.89. The van der Waals surface area contributed by atoms with Gasteiger partial charge in [-0.1, -0.05) is 30.3 Å². The Kier molecular flexibility index (Phi) is 7.14. The van der Waals surface area contributed by atoms with Gasteiger partial charge in [-0.05, 0) is 24.6 Å². The Morgan fingerprint density at radius 2 is 1.42 bits per heavy atom. The van der Waals surface area contributed by atoms with Gasteiger partial charge >= 0.3 is 0 Å². The molecular weight excluding hydrogens is 470 g/mol. The lowest BCUT2D eigenvalue weighted by atomic mass is 10.2. The molecule has 0 saturated carbocycles. The van der Waals surface area contributed by atoms with Crippen LogP contribution in [-0.2, 0) is 9.09 Å². The van der Waals surface area contributed by atoms with Crippen LogP contribution in [0.15, 0.2) is 54.6 Å². The Labute approximate surface area is 184 Å². The second kappa shape index (κ2) is 9.68. The largest absolute Gasteiger partial charge is 0.370 e. The molecule has 0 fully saturated rings. The van der Waals surface area contributed by atoms with Crippen LogP contribution in [0.5, 0.6) is 0 Å². The van der Waals surface area contributed by atoms with E-state index < -0.39 is 52.5 Å². The second-order valence-corrected chi connectivity index (χ2v) is 9.11. The van der Waals surface area contributed by atoms with Gasteiger partial charge in [-0.25, -0.2) is 22.0 Å². The molecule has 0 aliphatic rings. The minimum absolute atomic E-state index is 0.123. The molecule has 0 heterocycles. The molecule has 0 amide bonds. The van der Waals surface area contributed by atoms with Crippen molar-refractivity contribution in [3.63, 3.8) is 0 Å². The number of nitrogens with one attached hydrogen (secondary N) is 1. The van der Waals surface area contributed by atoms with E-state index in [1.54, 1.807) is 6.07 Å². The van der Waals surface area contributed by atoms with Gasteiger partial charge in [-0.3, -0.25) is 14.7 Å². The Morgan fingerprint density at radius 3 is 1.91 bits per heavy atom. The number of non-ortho nitro benzene ring substituents is 1. The van der Waals surface area contributed by atoms with Crippen molar-refractivity contribution in [2.75, 3.05) is 11.9 Å². The average Bonchev–Trinajstić information content (AvgIpc) is 2.81. The van der Waals surface area contributed by atoms with Crippen LogP contribution in [-0.4, -0.2) is 11.5 Å². The number of rotatable bonds is 8. The van der Waals surface area contributed by atoms with Gasteiger partial charge in [0.2, 0.25) is 5.82 Å². The maximum atomic E-state index is 14.7. The van der Waals surface area contributed by atoms with Gasteiger partial charge in [-0.2, -0.15) is 0 Å². The molecule has 0 saturated heterocycles. The summed E-state index contributed by atoms with van der Waals surface area (Å²) in [5, 5.41) is 12.0. The van der Waals surface area contributed by atoms with Crippen LogP contribution < -0.4 is 10.6 Å². The van der Waals surface area contributed by atoms with Gasteiger partial charge < -0.3 is 9.84 Å². The fourth-order valence-corrected chi connectivity index (χ4v) is 5.71. The lowest BCUT2D eigenvalue weighted by molar-refractivity contribution is -0.384. The van der Waals surface area contributed by atoms with E-state index in [1.807, 2.05) is 0 Å². The molecule has 0 aliphatic heterocycles. The SMILES string of the molecule is CCO[P@](=O)(c1c(F)c(F)c(F)c(F)c1F)[C@H](Nc1ccc([N+](=O)[O-])cc1)c1ccccc1. The third-order valence-electron chi connectivity index (χ3n) is 4.66. The van der Waals surface area contributed by atoms with Crippen LogP contribution in [0.1, 0.15) is 18.3 Å². The van der Waals surface area contributed by atoms with Crippen LogP contribution in [0.25, 0.3) is 0 Å². The van der Waals surface area contributed by atoms with Crippen molar-refractivity contribution in [1.29, 1.82) is 0 Å². The Morgan fingerprint density at radius 1 is 0.909 bits per heavy atom. The Balaban J connectivity index is 2.24. The van der Waals surface area contributed by atoms with E-state index in [0.29, 0.717) is 0 Å². The number of hydrogen-bond donors (Lipinski definition) is 1. The van der Waals surface area contributed by atoms with Gasteiger partial charge in [-0.15, -0.1) is 0 Å². The molecule has 12 heteroatoms. The first-order chi connectivity index (χ1) is 15.6. The standard InChI is InChI=1S/C21H16F5N2O4P/c1-2-32-33(31,20-18(25)16(23)15(22)17(24)19(20)26)21(12-6-4-3-5-7-12)27-13-8-10-14(11-9-13)28(29)30/h3-11,21,27H,2H2,1H3/t21-,33+/m0/s1. The molecule has 3 rings (SSSR count). The highest BCUT2D eigenvalue weighted by atomic mass is 31.2. The van der Waals surface area contributed by atoms with Crippen molar-refractivity contribution < 1.29 is 36.0 Å². The molecule has 0 aliphatic carbocycles. The molecule has 0 radical (unpaired) electrons. The zero-order valence-electron chi connectivity index (χ0n) is 16.9. The minimum Gasteiger partial charge on any atom is -0.370 e. The third-order valence-corrected chi connectivity index (χ3v) is 7.42. The molecule has 6 nitrogen and oxygen atoms in total. The summed E-state index contributed by atoms with van der Waals surface area (Å²) in [7, 11) is -4.89. The number of nitro groups is 1. The van der Waals surface area contributed by atoms with Gasteiger partial charge in [0.05, 0.1) is 11.5 Å². The number of hydrogen-bond acceptors (Lipinski definition) is 5. The molecule has 1 N–H and O–H groups in total. The van der Waals surface area contributed by atoms with E-state index in [2.05, 4.69) is 5.32 Å². The topological polar surface area (TPSA) is 81.5 Å². The van der Waals surface area contributed by atoms with Crippen molar-refractivity contribution in [1.82, 2.24) is 0 Å². The van der Waals surface area contributed by atoms with Crippen LogP contribution in [0, 0.1) is 39.2 Å². The predicted octanol–water partition coefficient (Wildman–Crippen LogP) is 6.04. The van der Waals surface area contributed by atoms with E-state index in [1.165, 1.54) is 43.3 Å². The van der Waals surface area contributed by atoms with Crippen LogP contribution in [0.4, 0.5) is 33.3 Å². The van der Waals surface area contributed by atoms with Crippen molar-refractivity contribution in [3.8, 4) is 0 Å². The van der Waals surface area contributed by atoms with Gasteiger partial charge in [0.25, 0.3) is 13.1 Å². The fraction of sp³-hybridized carbons (Fsp3) is 0.143. The van der Waals surface area contributed by atoms with E-state index in [4.69, 9.17) is 4.52 Å². The van der Waals surface area contributed by atoms with Crippen molar-refractivity contribution in [3.05, 3.63) is 99.4 Å². The second-order valence-electron chi connectivity index (χ2n) is 6.69. The molecule has 3 aromatic carbocycles. The summed E-state index contributed by atoms with van der Waals surface area (Å²) in [6.45, 7) is 0.953. The monoisotopic (exact) mass is 486 g/mol. The maximum Gasteiger partial charge on any atom is 0.269 e. The molecule has 0 spiro atoms. The predicted molar refractivity (Wildman–Crippen MR) is 111 cm³/mol. The number of halogens is 5. The van der Waals surface area contributed by atoms with Crippen LogP contribution in [0.3, 0.4) is 0 Å². The molecular formula is C21H16F5N2O4P. The summed E-state index contributed by atoms with van der Waals surface area (Å²) >= 11 is 0. The van der Waals surface area contributed by atoms with Gasteiger partial charge in [0.1, 0.15) is 11.1 Å². The normalized spacial score (nSPS) is 13.9. The van der Waals surface area contributed by atoms with E-state index in [0.717, 1.165) is 12.1 Å². The smallest absolute Gasteiger partial charge is 0.269 e. The highest BCUT2D eigenvalue weighted by Crippen LogP contribution is 2.60.